The molecule has 156 valence electrons. The predicted octanol–water partition coefficient (Wildman–Crippen LogP) is 8.01. The Balaban J connectivity index is -0.000000131. The summed E-state index contributed by atoms with van der Waals surface area (Å²) in [6, 6.07) is 6.22. The van der Waals surface area contributed by atoms with Gasteiger partial charge in [-0.25, -0.2) is 0 Å². The van der Waals surface area contributed by atoms with Crippen LogP contribution in [0.2, 0.25) is 0 Å². The van der Waals surface area contributed by atoms with Crippen LogP contribution >= 0.6 is 0 Å². The highest BCUT2D eigenvalue weighted by Crippen LogP contribution is 2.12. The molecule has 1 aromatic carbocycles. The molecule has 0 aliphatic rings. The molecule has 0 radical (unpaired) electrons. The van der Waals surface area contributed by atoms with Crippen LogP contribution in [0, 0.1) is 12.8 Å². The van der Waals surface area contributed by atoms with Crippen LogP contribution in [0.3, 0.4) is 0 Å². The van der Waals surface area contributed by atoms with Crippen LogP contribution in [0.4, 0.5) is 5.69 Å². The van der Waals surface area contributed by atoms with E-state index in [0.717, 1.165) is 23.6 Å². The highest BCUT2D eigenvalue weighted by molar-refractivity contribution is 5.74. The second-order valence-electron chi connectivity index (χ2n) is 6.23. The lowest BCUT2D eigenvalue weighted by Gasteiger charge is -2.01. The van der Waals surface area contributed by atoms with Gasteiger partial charge in [-0.1, -0.05) is 93.7 Å². The molecule has 26 heavy (non-hydrogen) atoms. The number of carbonyl (C=O) groups is 1. The van der Waals surface area contributed by atoms with Crippen LogP contribution in [0.15, 0.2) is 18.2 Å². The highest BCUT2D eigenvalue weighted by atomic mass is 16.1. The molecule has 0 heterocycles. The summed E-state index contributed by atoms with van der Waals surface area (Å²) in [5.74, 6) is 1.19. The van der Waals surface area contributed by atoms with E-state index < -0.39 is 0 Å². The Morgan fingerprint density at radius 1 is 1.00 bits per heavy atom. The molecule has 0 aliphatic heterocycles. The van der Waals surface area contributed by atoms with Gasteiger partial charge in [0.25, 0.3) is 0 Å². The summed E-state index contributed by atoms with van der Waals surface area (Å²) in [5.41, 5.74) is 9.07. The highest BCUT2D eigenvalue weighted by Gasteiger charge is 1.92. The average molecular weight is 368 g/mol. The molecule has 2 nitrogen and oxygen atoms in total. The molecule has 2 N–H and O–H groups in total. The molecule has 0 spiro atoms. The number of nitrogens with two attached hydrogens (primary N) is 1. The second kappa shape index (κ2) is 25.9. The summed E-state index contributed by atoms with van der Waals surface area (Å²) in [6.07, 6.45) is 5.64. The summed E-state index contributed by atoms with van der Waals surface area (Å²) < 4.78 is 0. The van der Waals surface area contributed by atoms with E-state index in [4.69, 9.17) is 5.73 Å². The van der Waals surface area contributed by atoms with Crippen LogP contribution in [-0.4, -0.2) is 5.78 Å². The van der Waals surface area contributed by atoms with Crippen molar-refractivity contribution < 1.29 is 4.79 Å². The van der Waals surface area contributed by atoms with Gasteiger partial charge < -0.3 is 10.5 Å². The number of Topliss-reactive ketones (excluding diaryl/α,β-unsaturated/α-hetero) is 1. The maximum Gasteiger partial charge on any atom is 0.129 e. The SMILES string of the molecule is CC.CCC.CCC(C)=O.CCC(C)CC.CCc1ccc(C)c(N)c1. The minimum atomic E-state index is 0.255. The Morgan fingerprint density at radius 2 is 1.38 bits per heavy atom. The molecule has 0 aromatic heterocycles. The predicted molar refractivity (Wildman–Crippen MR) is 123 cm³/mol. The number of aryl methyl sites for hydroxylation is 2. The van der Waals surface area contributed by atoms with Crippen molar-refractivity contribution >= 4 is 11.5 Å². The lowest BCUT2D eigenvalue weighted by atomic mass is 10.1. The van der Waals surface area contributed by atoms with E-state index in [1.54, 1.807) is 6.92 Å². The number of anilines is 1. The summed E-state index contributed by atoms with van der Waals surface area (Å²) >= 11 is 0. The standard InChI is InChI=1S/C9H13N.C6H14.C4H8O.C3H8.C2H6/c1-3-8-5-4-7(2)9(10)6-8;1-4-6(3)5-2;1-3-4(2)5;1-3-2;1-2/h4-6H,3,10H2,1-2H3;6H,4-5H2,1-3H3;3H2,1-2H3;3H2,1-2H3;1-2H3. The molecule has 1 rings (SSSR count). The van der Waals surface area contributed by atoms with Crippen molar-refractivity contribution in [1.82, 2.24) is 0 Å². The third kappa shape index (κ3) is 27.5. The monoisotopic (exact) mass is 367 g/mol. The lowest BCUT2D eigenvalue weighted by molar-refractivity contribution is -0.116. The first-order chi connectivity index (χ1) is 12.2. The molecule has 0 bridgehead atoms. The number of hydrogen-bond donors (Lipinski definition) is 1. The Kier molecular flexibility index (Phi) is 32.3. The molecule has 0 saturated heterocycles. The number of hydrogen-bond acceptors (Lipinski definition) is 2. The van der Waals surface area contributed by atoms with E-state index in [1.165, 1.54) is 24.8 Å². The van der Waals surface area contributed by atoms with Crippen molar-refractivity contribution in [3.05, 3.63) is 29.3 Å². The molecule has 0 unspecified atom stereocenters. The van der Waals surface area contributed by atoms with Crippen LogP contribution in [0.1, 0.15) is 106 Å². The fourth-order valence-corrected chi connectivity index (χ4v) is 1.20. The fourth-order valence-electron chi connectivity index (χ4n) is 1.20. The molecule has 0 saturated carbocycles. The quantitative estimate of drug-likeness (QED) is 0.547. The number of benzene rings is 1. The third-order valence-corrected chi connectivity index (χ3v) is 3.64. The van der Waals surface area contributed by atoms with Gasteiger partial charge in [0, 0.05) is 12.1 Å². The van der Waals surface area contributed by atoms with Gasteiger partial charge in [0.05, 0.1) is 0 Å². The second-order valence-corrected chi connectivity index (χ2v) is 6.23. The van der Waals surface area contributed by atoms with Crippen molar-refractivity contribution in [2.45, 2.75) is 108 Å². The molecule has 0 aliphatic carbocycles. The van der Waals surface area contributed by atoms with Crippen molar-refractivity contribution in [3.8, 4) is 0 Å². The molecule has 0 fully saturated rings. The summed E-state index contributed by atoms with van der Waals surface area (Å²) in [7, 11) is 0. The molecule has 0 atom stereocenters. The number of nitrogen functional groups attached to an aromatic ring is 1. The Hall–Kier alpha value is -1.31. The molecular formula is C24H49NO. The van der Waals surface area contributed by atoms with Crippen molar-refractivity contribution in [2.24, 2.45) is 5.92 Å². The molecule has 0 amide bonds. The van der Waals surface area contributed by atoms with E-state index in [-0.39, 0.29) is 5.78 Å². The van der Waals surface area contributed by atoms with Crippen LogP contribution in [0.25, 0.3) is 0 Å². The van der Waals surface area contributed by atoms with E-state index in [2.05, 4.69) is 53.7 Å². The maximum absolute atomic E-state index is 9.81. The first kappa shape index (κ1) is 32.4. The van der Waals surface area contributed by atoms with Gasteiger partial charge in [-0.15, -0.1) is 0 Å². The van der Waals surface area contributed by atoms with Gasteiger partial charge >= 0.3 is 0 Å². The van der Waals surface area contributed by atoms with Gasteiger partial charge in [0.2, 0.25) is 0 Å². The largest absolute Gasteiger partial charge is 0.399 e. The van der Waals surface area contributed by atoms with Crippen LogP contribution in [0.5, 0.6) is 0 Å². The lowest BCUT2D eigenvalue weighted by Crippen LogP contribution is -1.90. The van der Waals surface area contributed by atoms with Gasteiger partial charge in [0.15, 0.2) is 0 Å². The molecule has 2 heteroatoms. The van der Waals surface area contributed by atoms with E-state index in [9.17, 15) is 4.79 Å². The fraction of sp³-hybridized carbons (Fsp3) is 0.708. The minimum Gasteiger partial charge on any atom is -0.399 e. The van der Waals surface area contributed by atoms with E-state index in [1.807, 2.05) is 33.8 Å². The third-order valence-electron chi connectivity index (χ3n) is 3.64. The molecular weight excluding hydrogens is 318 g/mol. The van der Waals surface area contributed by atoms with Crippen LogP contribution in [-0.2, 0) is 11.2 Å². The topological polar surface area (TPSA) is 43.1 Å². The van der Waals surface area contributed by atoms with Gasteiger partial charge in [-0.05, 0) is 43.4 Å². The van der Waals surface area contributed by atoms with Crippen LogP contribution < -0.4 is 5.73 Å². The smallest absolute Gasteiger partial charge is 0.129 e. The first-order valence-electron chi connectivity index (χ1n) is 10.6. The van der Waals surface area contributed by atoms with Crippen molar-refractivity contribution in [3.63, 3.8) is 0 Å². The Morgan fingerprint density at radius 3 is 1.58 bits per heavy atom. The van der Waals surface area contributed by atoms with Gasteiger partial charge in [-0.2, -0.15) is 0 Å². The maximum atomic E-state index is 9.81. The zero-order valence-corrected chi connectivity index (χ0v) is 19.8. The normalized spacial score (nSPS) is 8.46. The van der Waals surface area contributed by atoms with E-state index in [0.29, 0.717) is 6.42 Å². The number of ketones is 1. The zero-order chi connectivity index (χ0) is 21.5. The van der Waals surface area contributed by atoms with Crippen molar-refractivity contribution in [2.75, 3.05) is 5.73 Å². The van der Waals surface area contributed by atoms with Gasteiger partial charge in [0.1, 0.15) is 5.78 Å². The summed E-state index contributed by atoms with van der Waals surface area (Å²) in [4.78, 5) is 9.81. The molecule has 1 aromatic rings. The number of rotatable bonds is 4. The average Bonchev–Trinajstić information content (AvgIpc) is 2.66. The zero-order valence-electron chi connectivity index (χ0n) is 19.8. The van der Waals surface area contributed by atoms with Crippen molar-refractivity contribution in [1.29, 1.82) is 0 Å². The Labute approximate surface area is 166 Å². The minimum absolute atomic E-state index is 0.255. The summed E-state index contributed by atoms with van der Waals surface area (Å²) in [5, 5.41) is 0. The number of carbonyl (C=O) groups excluding carboxylic acids is 1. The van der Waals surface area contributed by atoms with Gasteiger partial charge in [-0.3, -0.25) is 0 Å². The first-order valence-corrected chi connectivity index (χ1v) is 10.6. The summed E-state index contributed by atoms with van der Waals surface area (Å²) in [6.45, 7) is 22.6. The Bertz CT molecular complexity index is 395. The van der Waals surface area contributed by atoms with E-state index >= 15 is 0 Å².